The number of nitrogens with zero attached hydrogens (tertiary/aromatic N) is 2. The minimum absolute atomic E-state index is 0.201. The van der Waals surface area contributed by atoms with Gasteiger partial charge in [-0.2, -0.15) is 0 Å². The summed E-state index contributed by atoms with van der Waals surface area (Å²) in [6.07, 6.45) is 5.09. The topological polar surface area (TPSA) is 32.5 Å². The second kappa shape index (κ2) is 6.00. The number of nitrogens with two attached hydrogens (primary N) is 1. The van der Waals surface area contributed by atoms with Gasteiger partial charge in [0.15, 0.2) is 0 Å². The maximum Gasteiger partial charge on any atom is 0.125 e. The summed E-state index contributed by atoms with van der Waals surface area (Å²) in [4.78, 5) is 4.83. The molecule has 0 unspecified atom stereocenters. The summed E-state index contributed by atoms with van der Waals surface area (Å²) in [5, 5.41) is 0. The predicted molar refractivity (Wildman–Crippen MR) is 81.4 cm³/mol. The van der Waals surface area contributed by atoms with Crippen LogP contribution in [-0.2, 0) is 0 Å². The van der Waals surface area contributed by atoms with Crippen LogP contribution in [0, 0.1) is 11.7 Å². The van der Waals surface area contributed by atoms with E-state index in [4.69, 9.17) is 5.73 Å². The van der Waals surface area contributed by atoms with Gasteiger partial charge in [0.2, 0.25) is 0 Å². The molecule has 2 saturated heterocycles. The van der Waals surface area contributed by atoms with E-state index < -0.39 is 0 Å². The zero-order valence-electron chi connectivity index (χ0n) is 12.0. The molecule has 2 fully saturated rings. The molecule has 0 saturated carbocycles. The van der Waals surface area contributed by atoms with Gasteiger partial charge in [0.1, 0.15) is 5.82 Å². The second-order valence-electron chi connectivity index (χ2n) is 6.14. The van der Waals surface area contributed by atoms with Crippen LogP contribution in [0.25, 0.3) is 0 Å². The fourth-order valence-corrected chi connectivity index (χ4v) is 3.48. The van der Waals surface area contributed by atoms with Gasteiger partial charge in [-0.25, -0.2) is 4.39 Å². The van der Waals surface area contributed by atoms with Gasteiger partial charge in [-0.3, -0.25) is 0 Å². The Kier molecular flexibility index (Phi) is 4.10. The van der Waals surface area contributed by atoms with Crippen molar-refractivity contribution in [1.29, 1.82) is 0 Å². The normalized spacial score (nSPS) is 21.6. The number of nitrogen functional groups attached to an aromatic ring is 1. The van der Waals surface area contributed by atoms with Crippen LogP contribution in [0.3, 0.4) is 0 Å². The fraction of sp³-hybridized carbons (Fsp3) is 0.625. The Morgan fingerprint density at radius 2 is 1.80 bits per heavy atom. The quantitative estimate of drug-likeness (QED) is 0.862. The van der Waals surface area contributed by atoms with Crippen LogP contribution >= 0.6 is 0 Å². The van der Waals surface area contributed by atoms with Crippen LogP contribution in [0.2, 0.25) is 0 Å². The molecule has 2 aliphatic heterocycles. The highest BCUT2D eigenvalue weighted by molar-refractivity contribution is 5.67. The van der Waals surface area contributed by atoms with E-state index in [1.54, 1.807) is 12.1 Å². The van der Waals surface area contributed by atoms with Crippen molar-refractivity contribution in [3.63, 3.8) is 0 Å². The van der Waals surface area contributed by atoms with Gasteiger partial charge in [0, 0.05) is 19.6 Å². The molecule has 110 valence electrons. The molecule has 0 radical (unpaired) electrons. The molecule has 3 rings (SSSR count). The molecule has 2 heterocycles. The first-order valence-corrected chi connectivity index (χ1v) is 7.75. The summed E-state index contributed by atoms with van der Waals surface area (Å²) < 4.78 is 13.4. The Morgan fingerprint density at radius 3 is 2.50 bits per heavy atom. The number of rotatable bonds is 3. The molecular formula is C16H24FN3. The first kappa shape index (κ1) is 13.7. The van der Waals surface area contributed by atoms with Crippen LogP contribution in [-0.4, -0.2) is 37.6 Å². The molecule has 1 aromatic carbocycles. The molecular weight excluding hydrogens is 253 g/mol. The average Bonchev–Trinajstić information content (AvgIpc) is 2.95. The van der Waals surface area contributed by atoms with E-state index in [-0.39, 0.29) is 5.82 Å². The number of hydrogen-bond acceptors (Lipinski definition) is 3. The molecule has 20 heavy (non-hydrogen) atoms. The highest BCUT2D eigenvalue weighted by Crippen LogP contribution is 2.29. The number of benzene rings is 1. The third kappa shape index (κ3) is 3.06. The molecule has 3 nitrogen and oxygen atoms in total. The largest absolute Gasteiger partial charge is 0.397 e. The standard InChI is InChI=1S/C16H24FN3/c17-14-3-4-15(18)16(11-14)20-9-5-13(6-10-20)12-19-7-1-2-8-19/h3-4,11,13H,1-2,5-10,12,18H2. The lowest BCUT2D eigenvalue weighted by atomic mass is 9.95. The van der Waals surface area contributed by atoms with Gasteiger partial charge < -0.3 is 15.5 Å². The summed E-state index contributed by atoms with van der Waals surface area (Å²) in [7, 11) is 0. The summed E-state index contributed by atoms with van der Waals surface area (Å²) in [6.45, 7) is 5.78. The molecule has 0 amide bonds. The predicted octanol–water partition coefficient (Wildman–Crippen LogP) is 2.72. The number of piperidine rings is 1. The van der Waals surface area contributed by atoms with Crippen molar-refractivity contribution in [2.45, 2.75) is 25.7 Å². The highest BCUT2D eigenvalue weighted by atomic mass is 19.1. The van der Waals surface area contributed by atoms with Crippen molar-refractivity contribution < 1.29 is 4.39 Å². The number of halogens is 1. The molecule has 0 atom stereocenters. The SMILES string of the molecule is Nc1ccc(F)cc1N1CCC(CN2CCCC2)CC1. The lowest BCUT2D eigenvalue weighted by Gasteiger charge is -2.35. The molecule has 0 aromatic heterocycles. The Hall–Kier alpha value is -1.29. The van der Waals surface area contributed by atoms with E-state index in [1.165, 1.54) is 51.4 Å². The molecule has 4 heteroatoms. The first-order chi connectivity index (χ1) is 9.72. The van der Waals surface area contributed by atoms with Crippen molar-refractivity contribution in [3.8, 4) is 0 Å². The van der Waals surface area contributed by atoms with Crippen molar-refractivity contribution in [2.24, 2.45) is 5.92 Å². The molecule has 0 spiro atoms. The van der Waals surface area contributed by atoms with E-state index in [2.05, 4.69) is 9.80 Å². The summed E-state index contributed by atoms with van der Waals surface area (Å²) in [5.74, 6) is 0.590. The van der Waals surface area contributed by atoms with Gasteiger partial charge in [-0.15, -0.1) is 0 Å². The van der Waals surface area contributed by atoms with Gasteiger partial charge in [0.25, 0.3) is 0 Å². The second-order valence-corrected chi connectivity index (χ2v) is 6.14. The van der Waals surface area contributed by atoms with Crippen molar-refractivity contribution >= 4 is 11.4 Å². The third-order valence-corrected chi connectivity index (χ3v) is 4.66. The smallest absolute Gasteiger partial charge is 0.125 e. The van der Waals surface area contributed by atoms with E-state index in [0.29, 0.717) is 5.69 Å². The van der Waals surface area contributed by atoms with Crippen LogP contribution in [0.4, 0.5) is 15.8 Å². The number of hydrogen-bond donors (Lipinski definition) is 1. The molecule has 1 aromatic rings. The molecule has 0 aliphatic carbocycles. The van der Waals surface area contributed by atoms with Crippen molar-refractivity contribution in [2.75, 3.05) is 43.4 Å². The van der Waals surface area contributed by atoms with E-state index in [0.717, 1.165) is 24.7 Å². The zero-order valence-corrected chi connectivity index (χ0v) is 12.0. The summed E-state index contributed by atoms with van der Waals surface area (Å²) >= 11 is 0. The van der Waals surface area contributed by atoms with Gasteiger partial charge in [0.05, 0.1) is 11.4 Å². The zero-order chi connectivity index (χ0) is 13.9. The lowest BCUT2D eigenvalue weighted by molar-refractivity contribution is 0.249. The maximum atomic E-state index is 13.4. The van der Waals surface area contributed by atoms with E-state index >= 15 is 0 Å². The van der Waals surface area contributed by atoms with Gasteiger partial charge in [-0.05, 0) is 62.9 Å². The van der Waals surface area contributed by atoms with Crippen LogP contribution in [0.15, 0.2) is 18.2 Å². The Bertz CT molecular complexity index is 449. The van der Waals surface area contributed by atoms with Crippen LogP contribution < -0.4 is 10.6 Å². The highest BCUT2D eigenvalue weighted by Gasteiger charge is 2.23. The average molecular weight is 277 g/mol. The lowest BCUT2D eigenvalue weighted by Crippen LogP contribution is -2.38. The first-order valence-electron chi connectivity index (χ1n) is 7.75. The van der Waals surface area contributed by atoms with Crippen LogP contribution in [0.1, 0.15) is 25.7 Å². The summed E-state index contributed by atoms with van der Waals surface area (Å²) in [6, 6.07) is 4.66. The minimum Gasteiger partial charge on any atom is -0.397 e. The Morgan fingerprint density at radius 1 is 1.10 bits per heavy atom. The Balaban J connectivity index is 1.56. The molecule has 2 aliphatic rings. The summed E-state index contributed by atoms with van der Waals surface area (Å²) in [5.41, 5.74) is 7.52. The van der Waals surface area contributed by atoms with Gasteiger partial charge >= 0.3 is 0 Å². The van der Waals surface area contributed by atoms with Crippen molar-refractivity contribution in [1.82, 2.24) is 4.90 Å². The molecule has 0 bridgehead atoms. The molecule has 2 N–H and O–H groups in total. The number of anilines is 2. The minimum atomic E-state index is -0.201. The fourth-order valence-electron chi connectivity index (χ4n) is 3.48. The third-order valence-electron chi connectivity index (χ3n) is 4.66. The van der Waals surface area contributed by atoms with Crippen molar-refractivity contribution in [3.05, 3.63) is 24.0 Å². The van der Waals surface area contributed by atoms with E-state index in [1.807, 2.05) is 0 Å². The number of likely N-dealkylation sites (tertiary alicyclic amines) is 1. The van der Waals surface area contributed by atoms with Gasteiger partial charge in [-0.1, -0.05) is 0 Å². The van der Waals surface area contributed by atoms with Crippen LogP contribution in [0.5, 0.6) is 0 Å². The maximum absolute atomic E-state index is 13.4. The Labute approximate surface area is 120 Å². The van der Waals surface area contributed by atoms with E-state index in [9.17, 15) is 4.39 Å². The monoisotopic (exact) mass is 277 g/mol.